The van der Waals surface area contributed by atoms with Gasteiger partial charge < -0.3 is 59.0 Å². The Morgan fingerprint density at radius 1 is 0.762 bits per heavy atom. The molecular weight excluding hydrogens is 357 g/mol. The first-order chi connectivity index (χ1) is 9.36. The Hall–Kier alpha value is 0.810. The molecule has 0 saturated heterocycles. The normalized spacial score (nSPS) is 12.6. The molecule has 0 bridgehead atoms. The Labute approximate surface area is 125 Å². The number of aliphatic hydroxyl groups is 2. The van der Waals surface area contributed by atoms with Crippen LogP contribution in [0.15, 0.2) is 0 Å². The molecule has 0 spiro atoms. The number of hydrogen-bond donors (Lipinski definition) is 11. The number of rotatable bonds is 4. The lowest BCUT2D eigenvalue weighted by Crippen LogP contribution is -2.19. The van der Waals surface area contributed by atoms with Crippen LogP contribution in [0.3, 0.4) is 0 Å². The van der Waals surface area contributed by atoms with Gasteiger partial charge in [-0.15, -0.1) is 0 Å². The van der Waals surface area contributed by atoms with E-state index in [1.807, 2.05) is 0 Å². The van der Waals surface area contributed by atoms with E-state index in [9.17, 15) is 0 Å². The van der Waals surface area contributed by atoms with E-state index < -0.39 is 31.9 Å². The van der Waals surface area contributed by atoms with Gasteiger partial charge in [0.15, 0.2) is 0 Å². The summed E-state index contributed by atoms with van der Waals surface area (Å²) in [6.07, 6.45) is -0.612. The van der Waals surface area contributed by atoms with Crippen molar-refractivity contribution in [3.05, 3.63) is 0 Å². The second kappa shape index (κ2) is 23.1. The van der Waals surface area contributed by atoms with Gasteiger partial charge in [0.05, 0.1) is 25.4 Å². The van der Waals surface area contributed by atoms with E-state index in [1.165, 1.54) is 0 Å². The van der Waals surface area contributed by atoms with Gasteiger partial charge in [-0.25, -0.2) is 0 Å². The van der Waals surface area contributed by atoms with Gasteiger partial charge in [-0.05, 0) is 13.8 Å². The predicted molar refractivity (Wildman–Crippen MR) is 74.9 cm³/mol. The van der Waals surface area contributed by atoms with Crippen LogP contribution in [0.1, 0.15) is 13.8 Å². The third-order valence-corrected chi connectivity index (χ3v) is 0.879. The van der Waals surface area contributed by atoms with E-state index >= 15 is 0 Å². The third-order valence-electron chi connectivity index (χ3n) is 0.879. The maximum Gasteiger partial charge on any atom is 0.324 e. The molecule has 0 saturated carbocycles. The van der Waals surface area contributed by atoms with Crippen molar-refractivity contribution in [2.45, 2.75) is 26.1 Å². The van der Waals surface area contributed by atoms with Gasteiger partial charge in [0.25, 0.3) is 0 Å². The Kier molecular flexibility index (Phi) is 32.7. The summed E-state index contributed by atoms with van der Waals surface area (Å²) >= 11 is 0. The zero-order valence-electron chi connectivity index (χ0n) is 11.2. The highest BCUT2D eigenvalue weighted by atomic mass is 31.2. The van der Waals surface area contributed by atoms with Crippen LogP contribution in [-0.4, -0.2) is 79.7 Å². The maximum atomic E-state index is 8.69. The standard InChI is InChI=1S/C6H14O3.3H3O3P/c1-5(8)4-9-6(2)3-7;3*1-4(2)3/h5-8H,3-4H2,1-2H3;3*1-3H. The molecule has 0 aromatic heterocycles. The molecule has 0 heterocycles. The topological polar surface area (TPSA) is 232 Å². The van der Waals surface area contributed by atoms with Crippen LogP contribution >= 0.6 is 25.8 Å². The summed E-state index contributed by atoms with van der Waals surface area (Å²) in [5.74, 6) is 0. The van der Waals surface area contributed by atoms with Crippen molar-refractivity contribution in [2.75, 3.05) is 13.2 Å². The molecule has 0 aromatic rings. The minimum absolute atomic E-state index is 0.00667. The molecule has 12 nitrogen and oxygen atoms in total. The Morgan fingerprint density at radius 3 is 1.14 bits per heavy atom. The largest absolute Gasteiger partial charge is 0.394 e. The van der Waals surface area contributed by atoms with Crippen molar-refractivity contribution >= 4 is 25.8 Å². The molecule has 21 heavy (non-hydrogen) atoms. The first kappa shape index (κ1) is 29.8. The summed E-state index contributed by atoms with van der Waals surface area (Å²) in [6, 6.07) is 0. The molecule has 0 radical (unpaired) electrons. The van der Waals surface area contributed by atoms with Crippen LogP contribution in [-0.2, 0) is 4.74 Å². The van der Waals surface area contributed by atoms with Gasteiger partial charge in [0.1, 0.15) is 0 Å². The maximum absolute atomic E-state index is 8.69. The molecule has 0 fully saturated rings. The Morgan fingerprint density at radius 2 is 1.00 bits per heavy atom. The summed E-state index contributed by atoms with van der Waals surface area (Å²) in [7, 11) is -7.86. The highest BCUT2D eigenvalue weighted by Crippen LogP contribution is 2.12. The van der Waals surface area contributed by atoms with E-state index in [2.05, 4.69) is 0 Å². The minimum atomic E-state index is -2.62. The van der Waals surface area contributed by atoms with Crippen LogP contribution in [0.4, 0.5) is 0 Å². The number of hydrogen-bond acceptors (Lipinski definition) is 12. The molecule has 0 aliphatic heterocycles. The van der Waals surface area contributed by atoms with Crippen LogP contribution < -0.4 is 0 Å². The molecule has 0 amide bonds. The molecule has 2 atom stereocenters. The van der Waals surface area contributed by atoms with Crippen molar-refractivity contribution in [3.63, 3.8) is 0 Å². The third kappa shape index (κ3) is 121. The second-order valence-electron chi connectivity index (χ2n) is 2.98. The Bertz CT molecular complexity index is 149. The van der Waals surface area contributed by atoms with Crippen molar-refractivity contribution in [1.82, 2.24) is 0 Å². The number of aliphatic hydroxyl groups excluding tert-OH is 2. The van der Waals surface area contributed by atoms with Crippen LogP contribution in [0, 0.1) is 0 Å². The predicted octanol–water partition coefficient (Wildman–Crippen LogP) is -2.66. The molecule has 134 valence electrons. The zero-order valence-corrected chi connectivity index (χ0v) is 13.9. The summed E-state index contributed by atoms with van der Waals surface area (Å²) in [5, 5.41) is 17.1. The molecular formula is C6H23O12P3. The van der Waals surface area contributed by atoms with E-state index in [-0.39, 0.29) is 12.7 Å². The van der Waals surface area contributed by atoms with Gasteiger partial charge in [0, 0.05) is 0 Å². The van der Waals surface area contributed by atoms with E-state index in [1.54, 1.807) is 13.8 Å². The average molecular weight is 380 g/mol. The number of ether oxygens (including phenoxy) is 1. The van der Waals surface area contributed by atoms with E-state index in [0.29, 0.717) is 6.61 Å². The molecule has 15 heteroatoms. The molecule has 2 unspecified atom stereocenters. The fourth-order valence-electron chi connectivity index (χ4n) is 0.356. The molecule has 0 rings (SSSR count). The summed E-state index contributed by atoms with van der Waals surface area (Å²) in [5.41, 5.74) is 0. The fourth-order valence-corrected chi connectivity index (χ4v) is 0.356. The van der Waals surface area contributed by atoms with Gasteiger partial charge in [-0.3, -0.25) is 0 Å². The lowest BCUT2D eigenvalue weighted by atomic mass is 10.4. The highest BCUT2D eigenvalue weighted by Gasteiger charge is 2.00. The summed E-state index contributed by atoms with van der Waals surface area (Å²) in [4.78, 5) is 65.1. The van der Waals surface area contributed by atoms with Gasteiger partial charge in [-0.1, -0.05) is 0 Å². The molecule has 11 N–H and O–H groups in total. The lowest BCUT2D eigenvalue weighted by molar-refractivity contribution is -0.0177. The fraction of sp³-hybridized carbons (Fsp3) is 1.00. The van der Waals surface area contributed by atoms with Crippen LogP contribution in [0.5, 0.6) is 0 Å². The van der Waals surface area contributed by atoms with E-state index in [4.69, 9.17) is 59.0 Å². The summed E-state index contributed by atoms with van der Waals surface area (Å²) < 4.78 is 4.95. The lowest BCUT2D eigenvalue weighted by Gasteiger charge is -2.10. The molecule has 0 aliphatic carbocycles. The van der Waals surface area contributed by atoms with Crippen LogP contribution in [0.25, 0.3) is 0 Å². The monoisotopic (exact) mass is 380 g/mol. The van der Waals surface area contributed by atoms with Crippen molar-refractivity contribution in [1.29, 1.82) is 0 Å². The average Bonchev–Trinajstić information content (AvgIpc) is 2.23. The highest BCUT2D eigenvalue weighted by molar-refractivity contribution is 7.38. The summed E-state index contributed by atoms with van der Waals surface area (Å²) in [6.45, 7) is 3.70. The first-order valence-electron chi connectivity index (χ1n) is 4.87. The van der Waals surface area contributed by atoms with Gasteiger partial charge >= 0.3 is 25.8 Å². The SMILES string of the molecule is CC(O)COC(C)CO.OP(O)O.OP(O)O.OP(O)O. The van der Waals surface area contributed by atoms with Crippen molar-refractivity contribution < 1.29 is 59.0 Å². The molecule has 0 aromatic carbocycles. The smallest absolute Gasteiger partial charge is 0.324 e. The van der Waals surface area contributed by atoms with Crippen molar-refractivity contribution in [2.24, 2.45) is 0 Å². The first-order valence-corrected chi connectivity index (χ1v) is 8.47. The van der Waals surface area contributed by atoms with Crippen LogP contribution in [0.2, 0.25) is 0 Å². The van der Waals surface area contributed by atoms with Gasteiger partial charge in [0.2, 0.25) is 0 Å². The minimum Gasteiger partial charge on any atom is -0.394 e. The quantitative estimate of drug-likeness (QED) is 0.224. The Balaban J connectivity index is -0.000000102. The zero-order chi connectivity index (χ0) is 18.0. The molecule has 0 aliphatic rings. The van der Waals surface area contributed by atoms with Crippen molar-refractivity contribution in [3.8, 4) is 0 Å². The van der Waals surface area contributed by atoms with Gasteiger partial charge in [-0.2, -0.15) is 0 Å². The van der Waals surface area contributed by atoms with E-state index in [0.717, 1.165) is 0 Å². The second-order valence-corrected chi connectivity index (χ2v) is 4.59.